The Kier molecular flexibility index (Phi) is 4.53. The van der Waals surface area contributed by atoms with Crippen molar-refractivity contribution in [2.45, 2.75) is 25.1 Å². The fourth-order valence-corrected chi connectivity index (χ4v) is 2.29. The molecular weight excluding hydrogens is 285 g/mol. The summed E-state index contributed by atoms with van der Waals surface area (Å²) in [6.45, 7) is -1.32. The van der Waals surface area contributed by atoms with Gasteiger partial charge < -0.3 is 15.4 Å². The predicted octanol–water partition coefficient (Wildman–Crippen LogP) is 2.17. The summed E-state index contributed by atoms with van der Waals surface area (Å²) in [6.07, 6.45) is -3.70. The van der Waals surface area contributed by atoms with Gasteiger partial charge >= 0.3 is 6.18 Å². The first kappa shape index (κ1) is 15.8. The highest BCUT2D eigenvalue weighted by Gasteiger charge is 2.27. The number of carbonyl (C=O) groups excluding carboxylic acids is 1. The van der Waals surface area contributed by atoms with E-state index in [1.807, 2.05) is 12.1 Å². The SMILES string of the molecule is CN1C(=O)Cc2cc(C(N)CCOCC(F)(F)F)ccc21. The van der Waals surface area contributed by atoms with E-state index in [1.165, 1.54) is 0 Å². The molecule has 1 aromatic carbocycles. The van der Waals surface area contributed by atoms with Crippen LogP contribution in [0.25, 0.3) is 0 Å². The fraction of sp³-hybridized carbons (Fsp3) is 0.500. The number of rotatable bonds is 5. The van der Waals surface area contributed by atoms with Crippen LogP contribution in [0.5, 0.6) is 0 Å². The maximum Gasteiger partial charge on any atom is 0.411 e. The van der Waals surface area contributed by atoms with Crippen LogP contribution in [0, 0.1) is 0 Å². The Morgan fingerprint density at radius 1 is 1.43 bits per heavy atom. The number of hydrogen-bond donors (Lipinski definition) is 1. The molecule has 1 unspecified atom stereocenters. The minimum Gasteiger partial charge on any atom is -0.372 e. The number of amides is 1. The number of alkyl halides is 3. The Balaban J connectivity index is 1.91. The van der Waals surface area contributed by atoms with Gasteiger partial charge in [0.2, 0.25) is 5.91 Å². The van der Waals surface area contributed by atoms with Crippen LogP contribution >= 0.6 is 0 Å². The van der Waals surface area contributed by atoms with Crippen LogP contribution in [0.4, 0.5) is 18.9 Å². The zero-order valence-corrected chi connectivity index (χ0v) is 11.6. The lowest BCUT2D eigenvalue weighted by Gasteiger charge is -2.15. The molecule has 0 saturated heterocycles. The average molecular weight is 302 g/mol. The summed E-state index contributed by atoms with van der Waals surface area (Å²) >= 11 is 0. The molecule has 4 nitrogen and oxygen atoms in total. The molecular formula is C14H17F3N2O2. The third-order valence-corrected chi connectivity index (χ3v) is 3.45. The van der Waals surface area contributed by atoms with Gasteiger partial charge in [-0.15, -0.1) is 0 Å². The number of fused-ring (bicyclic) bond motifs is 1. The zero-order valence-electron chi connectivity index (χ0n) is 11.6. The topological polar surface area (TPSA) is 55.6 Å². The Labute approximate surface area is 120 Å². The van der Waals surface area contributed by atoms with Crippen molar-refractivity contribution < 1.29 is 22.7 Å². The summed E-state index contributed by atoms with van der Waals surface area (Å²) in [5.74, 6) is 0.0178. The number of benzene rings is 1. The highest BCUT2D eigenvalue weighted by atomic mass is 19.4. The summed E-state index contributed by atoms with van der Waals surface area (Å²) in [7, 11) is 1.71. The van der Waals surface area contributed by atoms with E-state index in [1.54, 1.807) is 18.0 Å². The lowest BCUT2D eigenvalue weighted by Crippen LogP contribution is -2.20. The maximum atomic E-state index is 11.9. The molecule has 0 bridgehead atoms. The van der Waals surface area contributed by atoms with E-state index in [0.29, 0.717) is 12.8 Å². The van der Waals surface area contributed by atoms with E-state index in [4.69, 9.17) is 5.73 Å². The molecule has 0 aromatic heterocycles. The molecule has 116 valence electrons. The summed E-state index contributed by atoms with van der Waals surface area (Å²) in [5, 5.41) is 0. The molecule has 1 heterocycles. The van der Waals surface area contributed by atoms with Crippen LogP contribution < -0.4 is 10.6 Å². The number of ether oxygens (including phenoxy) is 1. The van der Waals surface area contributed by atoms with Gasteiger partial charge in [0.25, 0.3) is 0 Å². The van der Waals surface area contributed by atoms with E-state index < -0.39 is 18.8 Å². The Hall–Kier alpha value is -1.60. The highest BCUT2D eigenvalue weighted by Crippen LogP contribution is 2.30. The van der Waals surface area contributed by atoms with Crippen LogP contribution in [0.2, 0.25) is 0 Å². The fourth-order valence-electron chi connectivity index (χ4n) is 2.29. The number of hydrogen-bond acceptors (Lipinski definition) is 3. The Bertz CT molecular complexity index is 531. The molecule has 1 aliphatic rings. The van der Waals surface area contributed by atoms with Crippen molar-refractivity contribution in [2.75, 3.05) is 25.2 Å². The second-order valence-corrected chi connectivity index (χ2v) is 5.08. The molecule has 0 saturated carbocycles. The van der Waals surface area contributed by atoms with Gasteiger partial charge in [0.1, 0.15) is 6.61 Å². The minimum atomic E-state index is -4.32. The molecule has 1 amide bonds. The van der Waals surface area contributed by atoms with Gasteiger partial charge in [-0.25, -0.2) is 0 Å². The smallest absolute Gasteiger partial charge is 0.372 e. The van der Waals surface area contributed by atoms with Crippen molar-refractivity contribution in [1.82, 2.24) is 0 Å². The summed E-state index contributed by atoms with van der Waals surface area (Å²) in [5.41, 5.74) is 8.49. The van der Waals surface area contributed by atoms with Gasteiger partial charge in [-0.1, -0.05) is 12.1 Å². The Morgan fingerprint density at radius 3 is 2.81 bits per heavy atom. The van der Waals surface area contributed by atoms with Crippen molar-refractivity contribution in [3.8, 4) is 0 Å². The molecule has 21 heavy (non-hydrogen) atoms. The van der Waals surface area contributed by atoms with Crippen molar-refractivity contribution >= 4 is 11.6 Å². The number of likely N-dealkylation sites (N-methyl/N-ethyl adjacent to an activating group) is 1. The van der Waals surface area contributed by atoms with Gasteiger partial charge in [-0.2, -0.15) is 13.2 Å². The van der Waals surface area contributed by atoms with Gasteiger partial charge in [-0.3, -0.25) is 4.79 Å². The normalized spacial score (nSPS) is 16.2. The van der Waals surface area contributed by atoms with E-state index >= 15 is 0 Å². The van der Waals surface area contributed by atoms with Gasteiger partial charge in [0, 0.05) is 25.4 Å². The summed E-state index contributed by atoms with van der Waals surface area (Å²) in [6, 6.07) is 5.03. The third-order valence-electron chi connectivity index (χ3n) is 3.45. The molecule has 1 aromatic rings. The zero-order chi connectivity index (χ0) is 15.6. The number of nitrogens with two attached hydrogens (primary N) is 1. The van der Waals surface area contributed by atoms with Crippen molar-refractivity contribution in [3.05, 3.63) is 29.3 Å². The highest BCUT2D eigenvalue weighted by molar-refractivity contribution is 6.00. The first-order valence-electron chi connectivity index (χ1n) is 6.57. The monoisotopic (exact) mass is 302 g/mol. The van der Waals surface area contributed by atoms with Crippen LogP contribution in [0.1, 0.15) is 23.6 Å². The molecule has 7 heteroatoms. The molecule has 1 atom stereocenters. The summed E-state index contributed by atoms with van der Waals surface area (Å²) < 4.78 is 40.4. The maximum absolute atomic E-state index is 11.9. The van der Waals surface area contributed by atoms with E-state index in [9.17, 15) is 18.0 Å². The molecule has 0 fully saturated rings. The van der Waals surface area contributed by atoms with Crippen LogP contribution in [0.3, 0.4) is 0 Å². The molecule has 0 spiro atoms. The predicted molar refractivity (Wildman–Crippen MR) is 72.0 cm³/mol. The van der Waals surface area contributed by atoms with E-state index in [-0.39, 0.29) is 12.5 Å². The number of nitrogens with zero attached hydrogens (tertiary/aromatic N) is 1. The molecule has 2 rings (SSSR count). The lowest BCUT2D eigenvalue weighted by molar-refractivity contribution is -0.174. The number of anilines is 1. The molecule has 2 N–H and O–H groups in total. The molecule has 0 aliphatic carbocycles. The molecule has 0 radical (unpaired) electrons. The standard InChI is InChI=1S/C14H17F3N2O2/c1-19-12-3-2-9(6-10(12)7-13(19)20)11(18)4-5-21-8-14(15,16)17/h2-3,6,11H,4-5,7-8,18H2,1H3. The number of carbonyl (C=O) groups is 1. The van der Waals surface area contributed by atoms with E-state index in [2.05, 4.69) is 4.74 Å². The van der Waals surface area contributed by atoms with Crippen molar-refractivity contribution in [1.29, 1.82) is 0 Å². The molecule has 1 aliphatic heterocycles. The second kappa shape index (κ2) is 6.03. The van der Waals surface area contributed by atoms with Gasteiger partial charge in [-0.05, 0) is 23.6 Å². The quantitative estimate of drug-likeness (QED) is 0.848. The van der Waals surface area contributed by atoms with Crippen molar-refractivity contribution in [3.63, 3.8) is 0 Å². The third kappa shape index (κ3) is 3.95. The average Bonchev–Trinajstić information content (AvgIpc) is 2.68. The van der Waals surface area contributed by atoms with Crippen LogP contribution in [0.15, 0.2) is 18.2 Å². The lowest BCUT2D eigenvalue weighted by atomic mass is 10.0. The van der Waals surface area contributed by atoms with Gasteiger partial charge in [0.05, 0.1) is 6.42 Å². The summed E-state index contributed by atoms with van der Waals surface area (Å²) in [4.78, 5) is 13.2. The van der Waals surface area contributed by atoms with E-state index in [0.717, 1.165) is 16.8 Å². The Morgan fingerprint density at radius 2 is 2.14 bits per heavy atom. The second-order valence-electron chi connectivity index (χ2n) is 5.08. The first-order chi connectivity index (χ1) is 9.78. The van der Waals surface area contributed by atoms with Crippen LogP contribution in [-0.4, -0.2) is 32.3 Å². The van der Waals surface area contributed by atoms with Crippen molar-refractivity contribution in [2.24, 2.45) is 5.73 Å². The first-order valence-corrected chi connectivity index (χ1v) is 6.57. The van der Waals surface area contributed by atoms with Crippen LogP contribution in [-0.2, 0) is 16.0 Å². The van der Waals surface area contributed by atoms with Gasteiger partial charge in [0.15, 0.2) is 0 Å². The minimum absolute atomic E-state index is 0.0178. The largest absolute Gasteiger partial charge is 0.411 e. The number of halogens is 3.